The van der Waals surface area contributed by atoms with Crippen molar-refractivity contribution in [3.63, 3.8) is 0 Å². The van der Waals surface area contributed by atoms with Gasteiger partial charge in [0, 0.05) is 43.3 Å². The Morgan fingerprint density at radius 3 is 2.16 bits per heavy atom. The van der Waals surface area contributed by atoms with Crippen LogP contribution in [-0.2, 0) is 9.59 Å². The van der Waals surface area contributed by atoms with Crippen molar-refractivity contribution >= 4 is 17.6 Å². The maximum Gasteiger partial charge on any atom is 0.328 e. The van der Waals surface area contributed by atoms with Gasteiger partial charge >= 0.3 is 11.9 Å². The summed E-state index contributed by atoms with van der Waals surface area (Å²) in [5.41, 5.74) is 1.35. The van der Waals surface area contributed by atoms with E-state index in [0.717, 1.165) is 19.5 Å². The zero-order valence-electron chi connectivity index (χ0n) is 17.0. The molecule has 2 aromatic rings. The predicted octanol–water partition coefficient (Wildman–Crippen LogP) is 3.17. The van der Waals surface area contributed by atoms with Crippen LogP contribution in [0.5, 0.6) is 5.75 Å². The number of non-ortho nitro benzene ring substituents is 1. The number of piperidine rings is 1. The second kappa shape index (κ2) is 11.5. The lowest BCUT2D eigenvalue weighted by Gasteiger charge is -2.37. The van der Waals surface area contributed by atoms with Gasteiger partial charge in [0.05, 0.1) is 4.92 Å². The maximum atomic E-state index is 10.7. The SMILES string of the molecule is CN1CCC(Oc2ccc([N+](=O)[O-])cc2)C(c2ccccc2)C1.O=C(O)C=CC(=O)O. The average Bonchev–Trinajstić information content (AvgIpc) is 2.75. The van der Waals surface area contributed by atoms with Crippen LogP contribution < -0.4 is 4.74 Å². The monoisotopic (exact) mass is 428 g/mol. The van der Waals surface area contributed by atoms with Gasteiger partial charge in [0.15, 0.2) is 0 Å². The molecule has 0 bridgehead atoms. The molecule has 0 amide bonds. The highest BCUT2D eigenvalue weighted by Crippen LogP contribution is 2.30. The third-order valence-electron chi connectivity index (χ3n) is 4.68. The molecule has 31 heavy (non-hydrogen) atoms. The second-order valence-corrected chi connectivity index (χ2v) is 6.99. The first kappa shape index (κ1) is 23.6. The van der Waals surface area contributed by atoms with Crippen LogP contribution in [0.1, 0.15) is 17.9 Å². The van der Waals surface area contributed by atoms with Crippen molar-refractivity contribution in [1.82, 2.24) is 4.90 Å². The Hall–Kier alpha value is -3.72. The smallest absolute Gasteiger partial charge is 0.328 e. The van der Waals surface area contributed by atoms with Crippen LogP contribution in [0.4, 0.5) is 5.69 Å². The fourth-order valence-corrected chi connectivity index (χ4v) is 3.22. The standard InChI is InChI=1S/C18H20N2O3.C4H4O4/c1-19-12-11-18(17(13-19)14-5-3-2-4-6-14)23-16-9-7-15(8-10-16)20(21)22;5-3(6)1-2-4(7)8/h2-10,17-18H,11-13H2,1H3;1-2H,(H,5,6)(H,7,8). The van der Waals surface area contributed by atoms with Gasteiger partial charge in [-0.3, -0.25) is 10.1 Å². The molecule has 9 heteroatoms. The number of nitro benzene ring substituents is 1. The molecular weight excluding hydrogens is 404 g/mol. The largest absolute Gasteiger partial charge is 0.490 e. The van der Waals surface area contributed by atoms with Crippen molar-refractivity contribution < 1.29 is 29.5 Å². The van der Waals surface area contributed by atoms with Crippen molar-refractivity contribution in [3.05, 3.63) is 82.4 Å². The molecule has 164 valence electrons. The summed E-state index contributed by atoms with van der Waals surface area (Å²) in [6.07, 6.45) is 2.13. The van der Waals surface area contributed by atoms with E-state index in [1.54, 1.807) is 12.1 Å². The van der Waals surface area contributed by atoms with Crippen LogP contribution in [0.15, 0.2) is 66.7 Å². The van der Waals surface area contributed by atoms with Gasteiger partial charge < -0.3 is 19.8 Å². The van der Waals surface area contributed by atoms with Crippen LogP contribution in [0.2, 0.25) is 0 Å². The fraction of sp³-hybridized carbons (Fsp3) is 0.273. The number of nitrogens with zero attached hydrogens (tertiary/aromatic N) is 2. The van der Waals surface area contributed by atoms with Crippen molar-refractivity contribution in [1.29, 1.82) is 0 Å². The number of likely N-dealkylation sites (N-methyl/N-ethyl adjacent to an activating group) is 1. The molecule has 0 spiro atoms. The number of likely N-dealkylation sites (tertiary alicyclic amines) is 1. The molecule has 0 aromatic heterocycles. The number of ether oxygens (including phenoxy) is 1. The number of hydrogen-bond acceptors (Lipinski definition) is 6. The Kier molecular flexibility index (Phi) is 8.71. The molecule has 2 aromatic carbocycles. The summed E-state index contributed by atoms with van der Waals surface area (Å²) in [4.78, 5) is 31.8. The fourth-order valence-electron chi connectivity index (χ4n) is 3.22. The Balaban J connectivity index is 0.000000366. The molecule has 0 radical (unpaired) electrons. The lowest BCUT2D eigenvalue weighted by molar-refractivity contribution is -0.384. The highest BCUT2D eigenvalue weighted by Gasteiger charge is 2.30. The van der Waals surface area contributed by atoms with Crippen LogP contribution in [0, 0.1) is 10.1 Å². The second-order valence-electron chi connectivity index (χ2n) is 6.99. The van der Waals surface area contributed by atoms with E-state index in [1.165, 1.54) is 17.7 Å². The van der Waals surface area contributed by atoms with E-state index >= 15 is 0 Å². The minimum absolute atomic E-state index is 0.0788. The highest BCUT2D eigenvalue weighted by molar-refractivity contribution is 5.89. The zero-order chi connectivity index (χ0) is 22.8. The zero-order valence-corrected chi connectivity index (χ0v) is 17.0. The molecule has 3 rings (SSSR count). The van der Waals surface area contributed by atoms with Gasteiger partial charge in [0.2, 0.25) is 0 Å². The third-order valence-corrected chi connectivity index (χ3v) is 4.68. The number of carboxylic acids is 2. The molecule has 1 aliphatic heterocycles. The van der Waals surface area contributed by atoms with E-state index in [0.29, 0.717) is 23.8 Å². The summed E-state index contributed by atoms with van der Waals surface area (Å²) in [5.74, 6) is -1.53. The molecule has 0 aliphatic carbocycles. The first-order valence-electron chi connectivity index (χ1n) is 9.54. The Morgan fingerprint density at radius 1 is 1.06 bits per heavy atom. The van der Waals surface area contributed by atoms with Crippen LogP contribution >= 0.6 is 0 Å². The van der Waals surface area contributed by atoms with Crippen molar-refractivity contribution in [3.8, 4) is 5.75 Å². The first-order valence-corrected chi connectivity index (χ1v) is 9.54. The molecule has 9 nitrogen and oxygen atoms in total. The van der Waals surface area contributed by atoms with Crippen molar-refractivity contribution in [2.24, 2.45) is 0 Å². The Labute approximate surface area is 179 Å². The van der Waals surface area contributed by atoms with E-state index in [4.69, 9.17) is 14.9 Å². The Bertz CT molecular complexity index is 897. The molecule has 1 fully saturated rings. The number of hydrogen-bond donors (Lipinski definition) is 2. The number of rotatable bonds is 6. The quantitative estimate of drug-likeness (QED) is 0.408. The maximum absolute atomic E-state index is 10.7. The van der Waals surface area contributed by atoms with E-state index in [9.17, 15) is 19.7 Å². The van der Waals surface area contributed by atoms with Gasteiger partial charge in [-0.05, 0) is 31.2 Å². The summed E-state index contributed by atoms with van der Waals surface area (Å²) < 4.78 is 6.16. The van der Waals surface area contributed by atoms with Gasteiger partial charge in [-0.2, -0.15) is 0 Å². The minimum atomic E-state index is -1.26. The summed E-state index contributed by atoms with van der Waals surface area (Å²) in [5, 5.41) is 26.4. The third kappa shape index (κ3) is 7.90. The predicted molar refractivity (Wildman–Crippen MR) is 113 cm³/mol. The summed E-state index contributed by atoms with van der Waals surface area (Å²) in [7, 11) is 2.12. The molecule has 2 unspecified atom stereocenters. The van der Waals surface area contributed by atoms with Gasteiger partial charge in [0.1, 0.15) is 11.9 Å². The van der Waals surface area contributed by atoms with Crippen LogP contribution in [0.3, 0.4) is 0 Å². The normalized spacial score (nSPS) is 18.6. The van der Waals surface area contributed by atoms with E-state index in [1.807, 2.05) is 18.2 Å². The Morgan fingerprint density at radius 2 is 1.65 bits per heavy atom. The molecule has 1 aliphatic rings. The van der Waals surface area contributed by atoms with Crippen molar-refractivity contribution in [2.75, 3.05) is 20.1 Å². The summed E-state index contributed by atoms with van der Waals surface area (Å²) >= 11 is 0. The highest BCUT2D eigenvalue weighted by atomic mass is 16.6. The van der Waals surface area contributed by atoms with E-state index in [2.05, 4.69) is 24.1 Å². The molecule has 0 saturated carbocycles. The average molecular weight is 428 g/mol. The van der Waals surface area contributed by atoms with Crippen LogP contribution in [-0.4, -0.2) is 58.2 Å². The number of carbonyl (C=O) groups is 2. The molecule has 1 saturated heterocycles. The van der Waals surface area contributed by atoms with Gasteiger partial charge in [-0.25, -0.2) is 9.59 Å². The molecule has 2 N–H and O–H groups in total. The number of carboxylic acid groups (broad SMARTS) is 2. The number of nitro groups is 1. The molecule has 1 heterocycles. The van der Waals surface area contributed by atoms with Crippen LogP contribution in [0.25, 0.3) is 0 Å². The van der Waals surface area contributed by atoms with E-state index in [-0.39, 0.29) is 11.8 Å². The number of aliphatic carboxylic acids is 2. The summed E-state index contributed by atoms with van der Waals surface area (Å²) in [6, 6.07) is 16.7. The topological polar surface area (TPSA) is 130 Å². The molecular formula is C22H24N2O7. The molecule has 2 atom stereocenters. The van der Waals surface area contributed by atoms with Crippen molar-refractivity contribution in [2.45, 2.75) is 18.4 Å². The van der Waals surface area contributed by atoms with Gasteiger partial charge in [-0.15, -0.1) is 0 Å². The lowest BCUT2D eigenvalue weighted by Crippen LogP contribution is -2.42. The first-order chi connectivity index (χ1) is 14.8. The van der Waals surface area contributed by atoms with E-state index < -0.39 is 16.9 Å². The number of benzene rings is 2. The lowest BCUT2D eigenvalue weighted by atomic mass is 9.88. The van der Waals surface area contributed by atoms with Gasteiger partial charge in [0.25, 0.3) is 5.69 Å². The minimum Gasteiger partial charge on any atom is -0.490 e. The van der Waals surface area contributed by atoms with Gasteiger partial charge in [-0.1, -0.05) is 30.3 Å². The summed E-state index contributed by atoms with van der Waals surface area (Å²) in [6.45, 7) is 1.93.